The number of nitrogens with zero attached hydrogens (tertiary/aromatic N) is 2. The molecule has 2 N–H and O–H groups in total. The third kappa shape index (κ3) is 3.59. The lowest BCUT2D eigenvalue weighted by Crippen LogP contribution is -2.37. The Kier molecular flexibility index (Phi) is 4.57. The van der Waals surface area contributed by atoms with Gasteiger partial charge in [0.25, 0.3) is 5.91 Å². The van der Waals surface area contributed by atoms with Crippen LogP contribution in [-0.2, 0) is 4.79 Å². The summed E-state index contributed by atoms with van der Waals surface area (Å²) in [7, 11) is 0. The van der Waals surface area contributed by atoms with Crippen LogP contribution in [-0.4, -0.2) is 34.2 Å². The summed E-state index contributed by atoms with van der Waals surface area (Å²) in [5.41, 5.74) is 2.93. The smallest absolute Gasteiger partial charge is 0.251 e. The van der Waals surface area contributed by atoms with Gasteiger partial charge in [-0.2, -0.15) is 5.10 Å². The molecule has 0 radical (unpaired) electrons. The minimum Gasteiger partial charge on any atom is -0.352 e. The maximum Gasteiger partial charge on any atom is 0.251 e. The number of hydrogen-bond acceptors (Lipinski definition) is 3. The zero-order chi connectivity index (χ0) is 17.3. The molecule has 1 aromatic carbocycles. The van der Waals surface area contributed by atoms with Crippen molar-refractivity contribution in [2.24, 2.45) is 0 Å². The summed E-state index contributed by atoms with van der Waals surface area (Å²) in [4.78, 5) is 23.7. The van der Waals surface area contributed by atoms with E-state index in [0.717, 1.165) is 29.9 Å². The third-order valence-corrected chi connectivity index (χ3v) is 4.48. The van der Waals surface area contributed by atoms with Gasteiger partial charge in [-0.15, -0.1) is 0 Å². The van der Waals surface area contributed by atoms with Crippen molar-refractivity contribution < 1.29 is 9.59 Å². The van der Waals surface area contributed by atoms with Crippen molar-refractivity contribution in [1.29, 1.82) is 0 Å². The van der Waals surface area contributed by atoms with Crippen LogP contribution in [0.4, 0.5) is 0 Å². The number of rotatable bonds is 5. The maximum atomic E-state index is 12.1. The first-order valence-electron chi connectivity index (χ1n) is 7.85. The molecule has 6 nitrogen and oxygen atoms in total. The van der Waals surface area contributed by atoms with E-state index in [2.05, 4.69) is 15.7 Å². The minimum absolute atomic E-state index is 0.00977. The molecule has 1 saturated carbocycles. The molecule has 3 rings (SSSR count). The SMILES string of the molecule is Cc1nn(-c2ccc(C(=O)NCC(=O)NC3CC3)cc2)c(C)c1Cl. The van der Waals surface area contributed by atoms with E-state index < -0.39 is 0 Å². The van der Waals surface area contributed by atoms with Gasteiger partial charge in [0.05, 0.1) is 28.6 Å². The summed E-state index contributed by atoms with van der Waals surface area (Å²) in [6.07, 6.45) is 2.05. The van der Waals surface area contributed by atoms with Crippen molar-refractivity contribution in [2.75, 3.05) is 6.54 Å². The van der Waals surface area contributed by atoms with Gasteiger partial charge in [-0.25, -0.2) is 4.68 Å². The topological polar surface area (TPSA) is 76.0 Å². The summed E-state index contributed by atoms with van der Waals surface area (Å²) in [6.45, 7) is 3.73. The molecule has 1 aromatic heterocycles. The Bertz CT molecular complexity index is 779. The average molecular weight is 347 g/mol. The van der Waals surface area contributed by atoms with Crippen molar-refractivity contribution in [2.45, 2.75) is 32.7 Å². The van der Waals surface area contributed by atoms with Gasteiger partial charge >= 0.3 is 0 Å². The van der Waals surface area contributed by atoms with E-state index >= 15 is 0 Å². The van der Waals surface area contributed by atoms with Gasteiger partial charge in [-0.3, -0.25) is 9.59 Å². The van der Waals surface area contributed by atoms with Crippen LogP contribution in [0.5, 0.6) is 0 Å². The van der Waals surface area contributed by atoms with E-state index in [1.54, 1.807) is 28.9 Å². The lowest BCUT2D eigenvalue weighted by molar-refractivity contribution is -0.120. The first-order chi connectivity index (χ1) is 11.5. The summed E-state index contributed by atoms with van der Waals surface area (Å²) in [5, 5.41) is 10.5. The molecule has 0 aliphatic heterocycles. The molecule has 126 valence electrons. The predicted molar refractivity (Wildman–Crippen MR) is 91.5 cm³/mol. The number of aryl methyl sites for hydroxylation is 1. The number of amides is 2. The van der Waals surface area contributed by atoms with Crippen molar-refractivity contribution in [1.82, 2.24) is 20.4 Å². The van der Waals surface area contributed by atoms with E-state index in [-0.39, 0.29) is 18.4 Å². The molecule has 0 atom stereocenters. The number of nitrogens with one attached hydrogen (secondary N) is 2. The minimum atomic E-state index is -0.279. The summed E-state index contributed by atoms with van der Waals surface area (Å²) >= 11 is 6.16. The Balaban J connectivity index is 1.63. The van der Waals surface area contributed by atoms with Crippen LogP contribution in [0.15, 0.2) is 24.3 Å². The lowest BCUT2D eigenvalue weighted by atomic mass is 10.2. The van der Waals surface area contributed by atoms with Crippen molar-refractivity contribution >= 4 is 23.4 Å². The Morgan fingerprint density at radius 2 is 1.92 bits per heavy atom. The first-order valence-corrected chi connectivity index (χ1v) is 8.23. The van der Waals surface area contributed by atoms with Gasteiger partial charge in [-0.05, 0) is 51.0 Å². The predicted octanol–water partition coefficient (Wildman–Crippen LogP) is 2.15. The molecule has 2 aromatic rings. The molecule has 24 heavy (non-hydrogen) atoms. The van der Waals surface area contributed by atoms with Crippen LogP contribution in [0.1, 0.15) is 34.6 Å². The molecular formula is C17H19ClN4O2. The standard InChI is InChI=1S/C17H19ClN4O2/c1-10-16(18)11(2)22(21-10)14-7-3-12(4-8-14)17(24)19-9-15(23)20-13-5-6-13/h3-4,7-8,13H,5-6,9H2,1-2H3,(H,19,24)(H,20,23). The van der Waals surface area contributed by atoms with Crippen LogP contribution in [0.2, 0.25) is 5.02 Å². The van der Waals surface area contributed by atoms with Gasteiger partial charge in [0.15, 0.2) is 0 Å². The molecule has 0 saturated heterocycles. The second-order valence-electron chi connectivity index (χ2n) is 5.97. The zero-order valence-electron chi connectivity index (χ0n) is 13.6. The lowest BCUT2D eigenvalue weighted by Gasteiger charge is -2.08. The second-order valence-corrected chi connectivity index (χ2v) is 6.35. The van der Waals surface area contributed by atoms with Crippen LogP contribution < -0.4 is 10.6 Å². The maximum absolute atomic E-state index is 12.1. The fourth-order valence-electron chi connectivity index (χ4n) is 2.40. The molecule has 0 bridgehead atoms. The molecule has 2 amide bonds. The normalized spacial score (nSPS) is 13.6. The van der Waals surface area contributed by atoms with Crippen LogP contribution in [0.3, 0.4) is 0 Å². The Morgan fingerprint density at radius 3 is 2.46 bits per heavy atom. The van der Waals surface area contributed by atoms with E-state index in [4.69, 9.17) is 11.6 Å². The van der Waals surface area contributed by atoms with Crippen LogP contribution in [0, 0.1) is 13.8 Å². The molecule has 1 aliphatic carbocycles. The number of aromatic nitrogens is 2. The van der Waals surface area contributed by atoms with E-state index in [1.165, 1.54) is 0 Å². The molecule has 0 spiro atoms. The van der Waals surface area contributed by atoms with E-state index in [1.807, 2.05) is 13.8 Å². The van der Waals surface area contributed by atoms with Gasteiger partial charge in [0.1, 0.15) is 0 Å². The largest absolute Gasteiger partial charge is 0.352 e. The first kappa shape index (κ1) is 16.5. The number of carbonyl (C=O) groups is 2. The number of halogens is 1. The molecule has 0 unspecified atom stereocenters. The molecule has 1 heterocycles. The average Bonchev–Trinajstić information content (AvgIpc) is 3.35. The number of benzene rings is 1. The van der Waals surface area contributed by atoms with Crippen molar-refractivity contribution in [3.63, 3.8) is 0 Å². The Morgan fingerprint density at radius 1 is 1.25 bits per heavy atom. The third-order valence-electron chi connectivity index (χ3n) is 3.93. The van der Waals surface area contributed by atoms with Crippen molar-refractivity contribution in [3.05, 3.63) is 46.2 Å². The zero-order valence-corrected chi connectivity index (χ0v) is 14.4. The summed E-state index contributed by atoms with van der Waals surface area (Å²) in [6, 6.07) is 7.30. The van der Waals surface area contributed by atoms with Crippen molar-refractivity contribution in [3.8, 4) is 5.69 Å². The number of hydrogen-bond donors (Lipinski definition) is 2. The highest BCUT2D eigenvalue weighted by molar-refractivity contribution is 6.31. The summed E-state index contributed by atoms with van der Waals surface area (Å²) < 4.78 is 1.74. The highest BCUT2D eigenvalue weighted by Gasteiger charge is 2.23. The van der Waals surface area contributed by atoms with Gasteiger partial charge in [0.2, 0.25) is 5.91 Å². The highest BCUT2D eigenvalue weighted by atomic mass is 35.5. The van der Waals surface area contributed by atoms with Gasteiger partial charge in [-0.1, -0.05) is 11.6 Å². The van der Waals surface area contributed by atoms with Gasteiger partial charge in [0, 0.05) is 11.6 Å². The second kappa shape index (κ2) is 6.65. The molecular weight excluding hydrogens is 328 g/mol. The highest BCUT2D eigenvalue weighted by Crippen LogP contribution is 2.22. The molecule has 1 fully saturated rings. The summed E-state index contributed by atoms with van der Waals surface area (Å²) in [5.74, 6) is -0.432. The van der Waals surface area contributed by atoms with E-state index in [0.29, 0.717) is 16.6 Å². The molecule has 7 heteroatoms. The fourth-order valence-corrected chi connectivity index (χ4v) is 2.52. The van der Waals surface area contributed by atoms with E-state index in [9.17, 15) is 9.59 Å². The van der Waals surface area contributed by atoms with Crippen LogP contribution >= 0.6 is 11.6 Å². The van der Waals surface area contributed by atoms with Gasteiger partial charge < -0.3 is 10.6 Å². The van der Waals surface area contributed by atoms with Crippen LogP contribution in [0.25, 0.3) is 5.69 Å². The fraction of sp³-hybridized carbons (Fsp3) is 0.353. The number of carbonyl (C=O) groups excluding carboxylic acids is 2. The monoisotopic (exact) mass is 346 g/mol. The Hall–Kier alpha value is -2.34. The molecule has 1 aliphatic rings. The quantitative estimate of drug-likeness (QED) is 0.871. The Labute approximate surface area is 145 Å².